The van der Waals surface area contributed by atoms with Gasteiger partial charge < -0.3 is 15.9 Å². The summed E-state index contributed by atoms with van der Waals surface area (Å²) in [4.78, 5) is 34.7. The number of benzene rings is 2. The van der Waals surface area contributed by atoms with Gasteiger partial charge in [0.1, 0.15) is 6.04 Å². The molecule has 7 heteroatoms. The van der Waals surface area contributed by atoms with Crippen LogP contribution >= 0.6 is 0 Å². The zero-order chi connectivity index (χ0) is 18.4. The highest BCUT2D eigenvalue weighted by molar-refractivity contribution is 5.91. The summed E-state index contributed by atoms with van der Waals surface area (Å²) in [7, 11) is 0. The fraction of sp³-hybridized carbons (Fsp3) is 0.278. The Morgan fingerprint density at radius 1 is 1.04 bits per heavy atom. The Morgan fingerprint density at radius 3 is 2.36 bits per heavy atom. The minimum atomic E-state index is -1.35. The number of nitrogens with zero attached hydrogens (tertiary/aromatic N) is 1. The van der Waals surface area contributed by atoms with Gasteiger partial charge in [0.25, 0.3) is 0 Å². The SMILES string of the molecule is N[C@@H](CCC(=O)N(CCc1ccc2ccccc2c1)C(=O)O)C(=O)O. The smallest absolute Gasteiger partial charge is 0.414 e. The van der Waals surface area contributed by atoms with E-state index in [2.05, 4.69) is 0 Å². The van der Waals surface area contributed by atoms with Crippen LogP contribution in [0.1, 0.15) is 18.4 Å². The Kier molecular flexibility index (Phi) is 6.08. The summed E-state index contributed by atoms with van der Waals surface area (Å²) in [6.45, 7) is 0.00875. The van der Waals surface area contributed by atoms with E-state index in [1.165, 1.54) is 0 Å². The van der Waals surface area contributed by atoms with Crippen molar-refractivity contribution in [3.63, 3.8) is 0 Å². The number of fused-ring (bicyclic) bond motifs is 1. The molecule has 132 valence electrons. The van der Waals surface area contributed by atoms with E-state index in [0.29, 0.717) is 11.3 Å². The molecule has 4 N–H and O–H groups in total. The number of amides is 2. The Labute approximate surface area is 144 Å². The first-order chi connectivity index (χ1) is 11.9. The summed E-state index contributed by atoms with van der Waals surface area (Å²) in [5, 5.41) is 20.1. The van der Waals surface area contributed by atoms with Crippen molar-refractivity contribution in [2.24, 2.45) is 5.73 Å². The average Bonchev–Trinajstić information content (AvgIpc) is 2.59. The van der Waals surface area contributed by atoms with E-state index >= 15 is 0 Å². The molecule has 0 saturated carbocycles. The van der Waals surface area contributed by atoms with Crippen molar-refractivity contribution in [3.8, 4) is 0 Å². The van der Waals surface area contributed by atoms with Gasteiger partial charge in [-0.2, -0.15) is 0 Å². The summed E-state index contributed by atoms with van der Waals surface area (Å²) in [6, 6.07) is 12.4. The number of carbonyl (C=O) groups excluding carboxylic acids is 1. The number of hydrogen-bond donors (Lipinski definition) is 3. The average molecular weight is 344 g/mol. The number of carboxylic acids is 1. The summed E-state index contributed by atoms with van der Waals surface area (Å²) in [5.41, 5.74) is 6.26. The van der Waals surface area contributed by atoms with Gasteiger partial charge in [-0.3, -0.25) is 9.59 Å². The van der Waals surface area contributed by atoms with Gasteiger partial charge in [-0.25, -0.2) is 9.69 Å². The van der Waals surface area contributed by atoms with Gasteiger partial charge in [0, 0.05) is 13.0 Å². The van der Waals surface area contributed by atoms with E-state index in [1.807, 2.05) is 42.5 Å². The van der Waals surface area contributed by atoms with E-state index in [4.69, 9.17) is 10.8 Å². The summed E-state index contributed by atoms with van der Waals surface area (Å²) in [5.74, 6) is -1.86. The second-order valence-corrected chi connectivity index (χ2v) is 5.74. The lowest BCUT2D eigenvalue weighted by molar-refractivity contribution is -0.138. The molecule has 0 fully saturated rings. The molecule has 25 heavy (non-hydrogen) atoms. The summed E-state index contributed by atoms with van der Waals surface area (Å²) in [6.07, 6.45) is -1.30. The standard InChI is InChI=1S/C18H20N2O5/c19-15(17(22)23)7-8-16(21)20(18(24)25)10-9-12-5-6-13-3-1-2-4-14(13)11-12/h1-6,11,15H,7-10,19H2,(H,22,23)(H,24,25)/t15-/m0/s1. The lowest BCUT2D eigenvalue weighted by Gasteiger charge is -2.18. The first kappa shape index (κ1) is 18.4. The maximum absolute atomic E-state index is 12.0. The molecule has 0 bridgehead atoms. The van der Waals surface area contributed by atoms with E-state index in [0.717, 1.165) is 16.3 Å². The van der Waals surface area contributed by atoms with Gasteiger partial charge in [0.15, 0.2) is 0 Å². The monoisotopic (exact) mass is 344 g/mol. The molecule has 7 nitrogen and oxygen atoms in total. The Hall–Kier alpha value is -2.93. The molecule has 0 aliphatic carbocycles. The number of rotatable bonds is 7. The van der Waals surface area contributed by atoms with Gasteiger partial charge in [0.05, 0.1) is 0 Å². The molecule has 2 amide bonds. The van der Waals surface area contributed by atoms with Crippen molar-refractivity contribution in [2.45, 2.75) is 25.3 Å². The number of imide groups is 1. The van der Waals surface area contributed by atoms with Gasteiger partial charge >= 0.3 is 12.1 Å². The minimum Gasteiger partial charge on any atom is -0.480 e. The summed E-state index contributed by atoms with van der Waals surface area (Å²) >= 11 is 0. The lowest BCUT2D eigenvalue weighted by Crippen LogP contribution is -2.39. The zero-order valence-electron chi connectivity index (χ0n) is 13.6. The second kappa shape index (κ2) is 8.25. The molecule has 0 aromatic heterocycles. The third-order valence-corrected chi connectivity index (χ3v) is 3.96. The molecule has 0 aliphatic heterocycles. The molecule has 0 unspecified atom stereocenters. The summed E-state index contributed by atoms with van der Waals surface area (Å²) < 4.78 is 0. The molecular formula is C18H20N2O5. The molecule has 0 aliphatic rings. The molecule has 0 radical (unpaired) electrons. The molecule has 2 aromatic carbocycles. The predicted molar refractivity (Wildman–Crippen MR) is 92.2 cm³/mol. The van der Waals surface area contributed by atoms with Crippen molar-refractivity contribution in [1.29, 1.82) is 0 Å². The third kappa shape index (κ3) is 5.02. The number of carboxylic acid groups (broad SMARTS) is 2. The van der Waals surface area contributed by atoms with Crippen LogP contribution in [0.5, 0.6) is 0 Å². The van der Waals surface area contributed by atoms with Crippen molar-refractivity contribution in [3.05, 3.63) is 48.0 Å². The maximum Gasteiger partial charge on any atom is 0.414 e. The molecule has 0 saturated heterocycles. The van der Waals surface area contributed by atoms with Crippen LogP contribution < -0.4 is 5.73 Å². The third-order valence-electron chi connectivity index (χ3n) is 3.96. The van der Waals surface area contributed by atoms with Gasteiger partial charge in [-0.05, 0) is 29.2 Å². The highest BCUT2D eigenvalue weighted by Crippen LogP contribution is 2.16. The van der Waals surface area contributed by atoms with Crippen LogP contribution in [0.15, 0.2) is 42.5 Å². The van der Waals surface area contributed by atoms with Crippen LogP contribution in [-0.2, 0) is 16.0 Å². The molecule has 2 rings (SSSR count). The van der Waals surface area contributed by atoms with Crippen molar-refractivity contribution in [1.82, 2.24) is 4.90 Å². The van der Waals surface area contributed by atoms with Crippen LogP contribution in [-0.4, -0.2) is 45.7 Å². The van der Waals surface area contributed by atoms with Crippen molar-refractivity contribution < 1.29 is 24.6 Å². The van der Waals surface area contributed by atoms with Gasteiger partial charge in [-0.15, -0.1) is 0 Å². The van der Waals surface area contributed by atoms with E-state index in [1.54, 1.807) is 0 Å². The lowest BCUT2D eigenvalue weighted by atomic mass is 10.0. The van der Waals surface area contributed by atoms with E-state index in [-0.39, 0.29) is 19.4 Å². The van der Waals surface area contributed by atoms with Gasteiger partial charge in [0.2, 0.25) is 5.91 Å². The number of aliphatic carboxylic acids is 1. The van der Waals surface area contributed by atoms with Crippen LogP contribution in [0.3, 0.4) is 0 Å². The van der Waals surface area contributed by atoms with E-state index < -0.39 is 24.0 Å². The molecule has 0 heterocycles. The Bertz CT molecular complexity index is 790. The molecule has 1 atom stereocenters. The van der Waals surface area contributed by atoms with Crippen LogP contribution in [0, 0.1) is 0 Å². The molecular weight excluding hydrogens is 324 g/mol. The largest absolute Gasteiger partial charge is 0.480 e. The molecule has 2 aromatic rings. The van der Waals surface area contributed by atoms with Crippen molar-refractivity contribution >= 4 is 28.7 Å². The number of nitrogens with two attached hydrogens (primary N) is 1. The zero-order valence-corrected chi connectivity index (χ0v) is 13.6. The fourth-order valence-electron chi connectivity index (χ4n) is 2.50. The van der Waals surface area contributed by atoms with Crippen LogP contribution in [0.4, 0.5) is 4.79 Å². The van der Waals surface area contributed by atoms with Gasteiger partial charge in [-0.1, -0.05) is 42.5 Å². The maximum atomic E-state index is 12.0. The van der Waals surface area contributed by atoms with Crippen molar-refractivity contribution in [2.75, 3.05) is 6.54 Å². The fourth-order valence-corrected chi connectivity index (χ4v) is 2.50. The molecule has 0 spiro atoms. The first-order valence-electron chi connectivity index (χ1n) is 7.88. The Morgan fingerprint density at radius 2 is 1.72 bits per heavy atom. The highest BCUT2D eigenvalue weighted by Gasteiger charge is 2.22. The predicted octanol–water partition coefficient (Wildman–Crippen LogP) is 2.08. The quantitative estimate of drug-likeness (QED) is 0.707. The number of carbonyl (C=O) groups is 3. The Balaban J connectivity index is 1.99. The topological polar surface area (TPSA) is 121 Å². The highest BCUT2D eigenvalue weighted by atomic mass is 16.4. The normalized spacial score (nSPS) is 11.9. The number of hydrogen-bond acceptors (Lipinski definition) is 4. The van der Waals surface area contributed by atoms with Crippen LogP contribution in [0.25, 0.3) is 10.8 Å². The van der Waals surface area contributed by atoms with E-state index in [9.17, 15) is 19.5 Å². The second-order valence-electron chi connectivity index (χ2n) is 5.74. The van der Waals surface area contributed by atoms with Crippen LogP contribution in [0.2, 0.25) is 0 Å². The minimum absolute atomic E-state index is 0.00875. The first-order valence-corrected chi connectivity index (χ1v) is 7.88.